The fraction of sp³-hybridized carbons (Fsp3) is 0.333. The first-order chi connectivity index (χ1) is 8.40. The van der Waals surface area contributed by atoms with Crippen LogP contribution in [-0.2, 0) is 0 Å². The van der Waals surface area contributed by atoms with Crippen LogP contribution in [0.1, 0.15) is 24.4 Å². The summed E-state index contributed by atoms with van der Waals surface area (Å²) in [6.07, 6.45) is 2.45. The van der Waals surface area contributed by atoms with E-state index in [0.29, 0.717) is 6.04 Å². The SMILES string of the molecule is COc1ccc2ccccc2c1C1CCCN1. The van der Waals surface area contributed by atoms with E-state index in [9.17, 15) is 0 Å². The van der Waals surface area contributed by atoms with Gasteiger partial charge in [-0.3, -0.25) is 0 Å². The van der Waals surface area contributed by atoms with Gasteiger partial charge in [-0.1, -0.05) is 30.3 Å². The van der Waals surface area contributed by atoms with Crippen LogP contribution >= 0.6 is 0 Å². The molecule has 2 nitrogen and oxygen atoms in total. The minimum absolute atomic E-state index is 0.441. The third kappa shape index (κ3) is 1.79. The predicted octanol–water partition coefficient (Wildman–Crippen LogP) is 3.27. The van der Waals surface area contributed by atoms with Crippen molar-refractivity contribution in [2.24, 2.45) is 0 Å². The molecule has 0 amide bonds. The Kier molecular flexibility index (Phi) is 2.73. The van der Waals surface area contributed by atoms with E-state index in [0.717, 1.165) is 12.3 Å². The number of methoxy groups -OCH3 is 1. The van der Waals surface area contributed by atoms with E-state index in [2.05, 4.69) is 41.7 Å². The number of nitrogens with one attached hydrogen (secondary N) is 1. The van der Waals surface area contributed by atoms with E-state index in [1.165, 1.54) is 29.2 Å². The van der Waals surface area contributed by atoms with E-state index in [4.69, 9.17) is 4.74 Å². The van der Waals surface area contributed by atoms with Gasteiger partial charge in [0.2, 0.25) is 0 Å². The van der Waals surface area contributed by atoms with Crippen molar-refractivity contribution in [2.75, 3.05) is 13.7 Å². The van der Waals surface area contributed by atoms with Gasteiger partial charge in [0.25, 0.3) is 0 Å². The quantitative estimate of drug-likeness (QED) is 0.850. The lowest BCUT2D eigenvalue weighted by Crippen LogP contribution is -2.14. The zero-order chi connectivity index (χ0) is 11.7. The van der Waals surface area contributed by atoms with Crippen LogP contribution in [0.5, 0.6) is 5.75 Å². The highest BCUT2D eigenvalue weighted by atomic mass is 16.5. The van der Waals surface area contributed by atoms with Crippen LogP contribution in [0.2, 0.25) is 0 Å². The maximum atomic E-state index is 5.53. The van der Waals surface area contributed by atoms with Crippen LogP contribution in [0.3, 0.4) is 0 Å². The lowest BCUT2D eigenvalue weighted by molar-refractivity contribution is 0.404. The fourth-order valence-electron chi connectivity index (χ4n) is 2.74. The summed E-state index contributed by atoms with van der Waals surface area (Å²) < 4.78 is 5.53. The monoisotopic (exact) mass is 227 g/mol. The number of fused-ring (bicyclic) bond motifs is 1. The number of benzene rings is 2. The molecule has 0 spiro atoms. The average molecular weight is 227 g/mol. The van der Waals surface area contributed by atoms with Crippen LogP contribution in [0, 0.1) is 0 Å². The number of rotatable bonds is 2. The first-order valence-corrected chi connectivity index (χ1v) is 6.19. The van der Waals surface area contributed by atoms with Gasteiger partial charge in [0.05, 0.1) is 7.11 Å². The summed E-state index contributed by atoms with van der Waals surface area (Å²) >= 11 is 0. The van der Waals surface area contributed by atoms with Crippen LogP contribution in [0.25, 0.3) is 10.8 Å². The van der Waals surface area contributed by atoms with E-state index >= 15 is 0 Å². The molecule has 1 unspecified atom stereocenters. The molecule has 2 aromatic carbocycles. The molecule has 17 heavy (non-hydrogen) atoms. The minimum atomic E-state index is 0.441. The van der Waals surface area contributed by atoms with E-state index in [1.807, 2.05) is 0 Å². The van der Waals surface area contributed by atoms with Crippen molar-refractivity contribution >= 4 is 10.8 Å². The first-order valence-electron chi connectivity index (χ1n) is 6.19. The second-order valence-electron chi connectivity index (χ2n) is 4.55. The van der Waals surface area contributed by atoms with E-state index < -0.39 is 0 Å². The van der Waals surface area contributed by atoms with Crippen molar-refractivity contribution < 1.29 is 4.74 Å². The topological polar surface area (TPSA) is 21.3 Å². The molecule has 1 saturated heterocycles. The highest BCUT2D eigenvalue weighted by Crippen LogP contribution is 2.36. The van der Waals surface area contributed by atoms with Gasteiger partial charge in [0.15, 0.2) is 0 Å². The number of ether oxygens (including phenoxy) is 1. The molecular weight excluding hydrogens is 210 g/mol. The van der Waals surface area contributed by atoms with Gasteiger partial charge >= 0.3 is 0 Å². The van der Waals surface area contributed by atoms with E-state index in [1.54, 1.807) is 7.11 Å². The van der Waals surface area contributed by atoms with Crippen molar-refractivity contribution in [1.29, 1.82) is 0 Å². The Hall–Kier alpha value is -1.54. The fourth-order valence-corrected chi connectivity index (χ4v) is 2.74. The molecule has 1 aliphatic heterocycles. The molecule has 0 radical (unpaired) electrons. The van der Waals surface area contributed by atoms with Crippen LogP contribution < -0.4 is 10.1 Å². The molecule has 1 heterocycles. The summed E-state index contributed by atoms with van der Waals surface area (Å²) in [6, 6.07) is 13.2. The van der Waals surface area contributed by atoms with Gasteiger partial charge in [0, 0.05) is 11.6 Å². The normalized spacial score (nSPS) is 19.7. The highest BCUT2D eigenvalue weighted by molar-refractivity contribution is 5.88. The average Bonchev–Trinajstić information content (AvgIpc) is 2.91. The molecule has 3 rings (SSSR count). The molecule has 1 atom stereocenters. The van der Waals surface area contributed by atoms with Gasteiger partial charge in [0.1, 0.15) is 5.75 Å². The van der Waals surface area contributed by atoms with Crippen molar-refractivity contribution in [3.63, 3.8) is 0 Å². The summed E-state index contributed by atoms with van der Waals surface area (Å²) in [5, 5.41) is 6.16. The van der Waals surface area contributed by atoms with Crippen LogP contribution in [-0.4, -0.2) is 13.7 Å². The van der Waals surface area contributed by atoms with Gasteiger partial charge < -0.3 is 10.1 Å². The second kappa shape index (κ2) is 4.38. The molecule has 1 N–H and O–H groups in total. The molecule has 1 fully saturated rings. The summed E-state index contributed by atoms with van der Waals surface area (Å²) in [6.45, 7) is 1.11. The highest BCUT2D eigenvalue weighted by Gasteiger charge is 2.21. The van der Waals surface area contributed by atoms with E-state index in [-0.39, 0.29) is 0 Å². The molecule has 2 heteroatoms. The lowest BCUT2D eigenvalue weighted by atomic mass is 9.96. The van der Waals surface area contributed by atoms with Gasteiger partial charge in [-0.05, 0) is 36.2 Å². The summed E-state index contributed by atoms with van der Waals surface area (Å²) in [4.78, 5) is 0. The van der Waals surface area contributed by atoms with Gasteiger partial charge in [-0.2, -0.15) is 0 Å². The Morgan fingerprint density at radius 1 is 1.18 bits per heavy atom. The Bertz CT molecular complexity index is 529. The second-order valence-corrected chi connectivity index (χ2v) is 4.55. The Balaban J connectivity index is 2.23. The zero-order valence-electron chi connectivity index (χ0n) is 10.1. The van der Waals surface area contributed by atoms with Crippen molar-refractivity contribution in [3.8, 4) is 5.75 Å². The Morgan fingerprint density at radius 3 is 2.82 bits per heavy atom. The van der Waals surface area contributed by atoms with Crippen molar-refractivity contribution in [1.82, 2.24) is 5.32 Å². The maximum Gasteiger partial charge on any atom is 0.124 e. The third-order valence-electron chi connectivity index (χ3n) is 3.56. The lowest BCUT2D eigenvalue weighted by Gasteiger charge is -2.17. The van der Waals surface area contributed by atoms with Gasteiger partial charge in [-0.15, -0.1) is 0 Å². The molecule has 2 aromatic rings. The van der Waals surface area contributed by atoms with Crippen molar-refractivity contribution in [3.05, 3.63) is 42.0 Å². The van der Waals surface area contributed by atoms with Crippen molar-refractivity contribution in [2.45, 2.75) is 18.9 Å². The predicted molar refractivity (Wildman–Crippen MR) is 70.5 cm³/mol. The summed E-state index contributed by atoms with van der Waals surface area (Å²) in [5.41, 5.74) is 1.32. The molecule has 1 aliphatic rings. The zero-order valence-corrected chi connectivity index (χ0v) is 10.1. The molecule has 0 aromatic heterocycles. The first kappa shape index (κ1) is 10.6. The third-order valence-corrected chi connectivity index (χ3v) is 3.56. The van der Waals surface area contributed by atoms with Crippen LogP contribution in [0.15, 0.2) is 36.4 Å². The largest absolute Gasteiger partial charge is 0.496 e. The molecule has 88 valence electrons. The smallest absolute Gasteiger partial charge is 0.124 e. The van der Waals surface area contributed by atoms with Crippen LogP contribution in [0.4, 0.5) is 0 Å². The number of hydrogen-bond acceptors (Lipinski definition) is 2. The van der Waals surface area contributed by atoms with Gasteiger partial charge in [-0.25, -0.2) is 0 Å². The molecule has 0 aliphatic carbocycles. The Morgan fingerprint density at radius 2 is 2.06 bits per heavy atom. The summed E-state index contributed by atoms with van der Waals surface area (Å²) in [7, 11) is 1.75. The molecule has 0 bridgehead atoms. The standard InChI is InChI=1S/C15H17NO/c1-17-14-9-8-11-5-2-3-6-12(11)15(14)13-7-4-10-16-13/h2-3,5-6,8-9,13,16H,4,7,10H2,1H3. The minimum Gasteiger partial charge on any atom is -0.496 e. The number of hydrogen-bond donors (Lipinski definition) is 1. The maximum absolute atomic E-state index is 5.53. The molecular formula is C15H17NO. The summed E-state index contributed by atoms with van der Waals surface area (Å²) in [5.74, 6) is 1.00. The Labute approximate surface area is 102 Å². The molecule has 0 saturated carbocycles.